The molecule has 0 radical (unpaired) electrons. The zero-order valence-electron chi connectivity index (χ0n) is 13.9. The van der Waals surface area contributed by atoms with Gasteiger partial charge in [0.25, 0.3) is 5.91 Å². The van der Waals surface area contributed by atoms with Crippen LogP contribution in [-0.2, 0) is 11.3 Å². The Balaban J connectivity index is 1.56. The molecule has 1 unspecified atom stereocenters. The number of amides is 1. The number of hydrogen-bond donors (Lipinski definition) is 1. The third kappa shape index (κ3) is 4.84. The van der Waals surface area contributed by atoms with Gasteiger partial charge < -0.3 is 10.1 Å². The van der Waals surface area contributed by atoms with Crippen molar-refractivity contribution in [2.45, 2.75) is 19.6 Å². The molecule has 0 bridgehead atoms. The maximum Gasteiger partial charge on any atom is 0.261 e. The Morgan fingerprint density at radius 3 is 2.81 bits per heavy atom. The third-order valence-corrected chi connectivity index (χ3v) is 5.31. The van der Waals surface area contributed by atoms with E-state index >= 15 is 0 Å². The van der Waals surface area contributed by atoms with E-state index < -0.39 is 6.10 Å². The second-order valence-corrected chi connectivity index (χ2v) is 7.78. The monoisotopic (exact) mass is 450 g/mol. The molecule has 1 N–H and O–H groups in total. The average Bonchev–Trinajstić information content (AvgIpc) is 3.11. The molecule has 0 saturated carbocycles. The van der Waals surface area contributed by atoms with Crippen LogP contribution in [0, 0.1) is 0 Å². The topological polar surface area (TPSA) is 51.2 Å². The van der Waals surface area contributed by atoms with Crippen LogP contribution in [0.1, 0.15) is 11.9 Å². The van der Waals surface area contributed by atoms with Gasteiger partial charge in [-0.05, 0) is 41.1 Å². The van der Waals surface area contributed by atoms with E-state index in [0.717, 1.165) is 16.3 Å². The molecule has 1 aromatic heterocycles. The summed E-state index contributed by atoms with van der Waals surface area (Å²) in [7, 11) is 0. The highest BCUT2D eigenvalue weighted by Gasteiger charge is 2.16. The van der Waals surface area contributed by atoms with Gasteiger partial charge in [0.1, 0.15) is 10.8 Å². The van der Waals surface area contributed by atoms with Gasteiger partial charge in [-0.15, -0.1) is 11.3 Å². The predicted octanol–water partition coefficient (Wildman–Crippen LogP) is 5.31. The summed E-state index contributed by atoms with van der Waals surface area (Å²) in [6.45, 7) is 2.07. The van der Waals surface area contributed by atoms with Crippen molar-refractivity contribution in [3.63, 3.8) is 0 Å². The fourth-order valence-electron chi connectivity index (χ4n) is 2.25. The Morgan fingerprint density at radius 2 is 2.08 bits per heavy atom. The van der Waals surface area contributed by atoms with Gasteiger partial charge in [0, 0.05) is 16.0 Å². The van der Waals surface area contributed by atoms with Crippen LogP contribution in [0.25, 0.3) is 11.3 Å². The maximum absolute atomic E-state index is 12.3. The molecular weight excluding hydrogens is 436 g/mol. The van der Waals surface area contributed by atoms with Crippen LogP contribution in [0.2, 0.25) is 5.02 Å². The Bertz CT molecular complexity index is 902. The molecule has 0 aliphatic heterocycles. The molecule has 1 amide bonds. The molecule has 134 valence electrons. The second-order valence-electron chi connectivity index (χ2n) is 5.55. The average molecular weight is 452 g/mol. The number of thiazole rings is 1. The van der Waals surface area contributed by atoms with Crippen LogP contribution in [0.4, 0.5) is 0 Å². The minimum Gasteiger partial charge on any atom is -0.480 e. The Hall–Kier alpha value is -1.89. The third-order valence-electron chi connectivity index (χ3n) is 3.60. The number of halogens is 2. The van der Waals surface area contributed by atoms with Crippen molar-refractivity contribution in [1.29, 1.82) is 0 Å². The van der Waals surface area contributed by atoms with E-state index in [-0.39, 0.29) is 5.91 Å². The molecule has 0 fully saturated rings. The van der Waals surface area contributed by atoms with Crippen LogP contribution >= 0.6 is 38.9 Å². The van der Waals surface area contributed by atoms with Crippen LogP contribution in [0.3, 0.4) is 0 Å². The van der Waals surface area contributed by atoms with Gasteiger partial charge >= 0.3 is 0 Å². The second kappa shape index (κ2) is 8.66. The Kier molecular flexibility index (Phi) is 6.29. The number of carbonyl (C=O) groups excluding carboxylic acids is 1. The predicted molar refractivity (Wildman–Crippen MR) is 109 cm³/mol. The lowest BCUT2D eigenvalue weighted by atomic mass is 10.2. The molecule has 4 nitrogen and oxygen atoms in total. The summed E-state index contributed by atoms with van der Waals surface area (Å²) in [5.41, 5.74) is 1.97. The molecule has 0 aliphatic rings. The minimum absolute atomic E-state index is 0.205. The zero-order chi connectivity index (χ0) is 18.5. The lowest BCUT2D eigenvalue weighted by molar-refractivity contribution is -0.127. The molecular formula is C19H16BrClN2O2S. The maximum atomic E-state index is 12.3. The highest BCUT2D eigenvalue weighted by atomic mass is 79.9. The lowest BCUT2D eigenvalue weighted by Crippen LogP contribution is -2.35. The van der Waals surface area contributed by atoms with Crippen molar-refractivity contribution < 1.29 is 9.53 Å². The molecule has 0 aliphatic carbocycles. The number of hydrogen-bond acceptors (Lipinski definition) is 4. The summed E-state index contributed by atoms with van der Waals surface area (Å²) in [4.78, 5) is 16.8. The van der Waals surface area contributed by atoms with Crippen molar-refractivity contribution >= 4 is 44.8 Å². The van der Waals surface area contributed by atoms with Gasteiger partial charge in [0.15, 0.2) is 6.10 Å². The van der Waals surface area contributed by atoms with Crippen molar-refractivity contribution in [2.24, 2.45) is 0 Å². The summed E-state index contributed by atoms with van der Waals surface area (Å²) in [6.07, 6.45) is -0.638. The standard InChI is InChI=1S/C19H16BrClN2O2S/c1-12(25-17-8-7-14(21)9-15(17)20)19(24)22-10-18-23-16(11-26-18)13-5-3-2-4-6-13/h2-9,11-12H,10H2,1H3,(H,22,24). The van der Waals surface area contributed by atoms with E-state index in [1.165, 1.54) is 11.3 Å². The zero-order valence-corrected chi connectivity index (χ0v) is 17.1. The summed E-state index contributed by atoms with van der Waals surface area (Å²) < 4.78 is 6.40. The van der Waals surface area contributed by atoms with Gasteiger partial charge in [0.05, 0.1) is 16.7 Å². The van der Waals surface area contributed by atoms with Crippen molar-refractivity contribution in [3.05, 3.63) is 68.4 Å². The molecule has 2 aromatic carbocycles. The van der Waals surface area contributed by atoms with Gasteiger partial charge in [-0.25, -0.2) is 4.98 Å². The number of aromatic nitrogens is 1. The van der Waals surface area contributed by atoms with Crippen LogP contribution in [-0.4, -0.2) is 17.0 Å². The summed E-state index contributed by atoms with van der Waals surface area (Å²) in [5.74, 6) is 0.362. The number of benzene rings is 2. The molecule has 0 spiro atoms. The van der Waals surface area contributed by atoms with Gasteiger partial charge in [-0.1, -0.05) is 41.9 Å². The van der Waals surface area contributed by atoms with E-state index in [9.17, 15) is 4.79 Å². The molecule has 3 rings (SSSR count). The Labute approximate surface area is 169 Å². The van der Waals surface area contributed by atoms with Gasteiger partial charge in [-0.3, -0.25) is 4.79 Å². The van der Waals surface area contributed by atoms with E-state index in [1.807, 2.05) is 35.7 Å². The molecule has 26 heavy (non-hydrogen) atoms. The summed E-state index contributed by atoms with van der Waals surface area (Å²) in [6, 6.07) is 15.1. The van der Waals surface area contributed by atoms with Gasteiger partial charge in [0.2, 0.25) is 0 Å². The smallest absolute Gasteiger partial charge is 0.261 e. The van der Waals surface area contributed by atoms with Crippen LogP contribution in [0.5, 0.6) is 5.75 Å². The number of carbonyl (C=O) groups is 1. The summed E-state index contributed by atoms with van der Waals surface area (Å²) >= 11 is 10.8. The highest BCUT2D eigenvalue weighted by molar-refractivity contribution is 9.10. The Morgan fingerprint density at radius 1 is 1.31 bits per heavy atom. The first-order valence-corrected chi connectivity index (χ1v) is 9.97. The molecule has 7 heteroatoms. The quantitative estimate of drug-likeness (QED) is 0.552. The van der Waals surface area contributed by atoms with Gasteiger partial charge in [-0.2, -0.15) is 0 Å². The first-order chi connectivity index (χ1) is 12.5. The van der Waals surface area contributed by atoms with E-state index in [4.69, 9.17) is 16.3 Å². The molecule has 1 atom stereocenters. The van der Waals surface area contributed by atoms with E-state index in [0.29, 0.717) is 21.8 Å². The molecule has 1 heterocycles. The lowest BCUT2D eigenvalue weighted by Gasteiger charge is -2.15. The van der Waals surface area contributed by atoms with Crippen LogP contribution < -0.4 is 10.1 Å². The summed E-state index contributed by atoms with van der Waals surface area (Å²) in [5, 5.41) is 6.29. The SMILES string of the molecule is CC(Oc1ccc(Cl)cc1Br)C(=O)NCc1nc(-c2ccccc2)cs1. The van der Waals surface area contributed by atoms with E-state index in [1.54, 1.807) is 25.1 Å². The number of rotatable bonds is 6. The molecule has 0 saturated heterocycles. The highest BCUT2D eigenvalue weighted by Crippen LogP contribution is 2.28. The molecule has 3 aromatic rings. The number of nitrogens with zero attached hydrogens (tertiary/aromatic N) is 1. The normalized spacial score (nSPS) is 11.8. The number of ether oxygens (including phenoxy) is 1. The van der Waals surface area contributed by atoms with Crippen molar-refractivity contribution in [1.82, 2.24) is 10.3 Å². The number of nitrogens with one attached hydrogen (secondary N) is 1. The first kappa shape index (κ1) is 18.9. The fraction of sp³-hybridized carbons (Fsp3) is 0.158. The van der Waals surface area contributed by atoms with Crippen molar-refractivity contribution in [2.75, 3.05) is 0 Å². The van der Waals surface area contributed by atoms with E-state index in [2.05, 4.69) is 26.2 Å². The fourth-order valence-corrected chi connectivity index (χ4v) is 3.77. The van der Waals surface area contributed by atoms with Crippen LogP contribution in [0.15, 0.2) is 58.4 Å². The van der Waals surface area contributed by atoms with Crippen molar-refractivity contribution in [3.8, 4) is 17.0 Å². The largest absolute Gasteiger partial charge is 0.480 e. The minimum atomic E-state index is -0.638. The first-order valence-electron chi connectivity index (χ1n) is 7.92.